The third-order valence-electron chi connectivity index (χ3n) is 2.87. The minimum Gasteiger partial charge on any atom is -0.455 e. The van der Waals surface area contributed by atoms with E-state index in [1.807, 2.05) is 48.7 Å². The maximum absolute atomic E-state index is 11.9. The molecule has 0 saturated heterocycles. The summed E-state index contributed by atoms with van der Waals surface area (Å²) in [7, 11) is 0. The Morgan fingerprint density at radius 1 is 1.30 bits per heavy atom. The predicted octanol–water partition coefficient (Wildman–Crippen LogP) is 4.20. The number of carbonyl (C=O) groups excluding carboxylic acids is 1. The van der Waals surface area contributed by atoms with Crippen molar-refractivity contribution in [2.75, 3.05) is 0 Å². The standard InChI is InChI=1S/C15H13NO2S2/c1-10(18-14(17)9-11-5-4-8-19-11)15-16-12-6-2-3-7-13(12)20-15/h2-8,10H,9H2,1H3/t10-/m1/s1. The molecule has 3 nitrogen and oxygen atoms in total. The summed E-state index contributed by atoms with van der Waals surface area (Å²) in [5, 5.41) is 2.80. The fourth-order valence-corrected chi connectivity index (χ4v) is 3.55. The quantitative estimate of drug-likeness (QED) is 0.678. The summed E-state index contributed by atoms with van der Waals surface area (Å²) < 4.78 is 6.57. The zero-order valence-electron chi connectivity index (χ0n) is 10.9. The van der Waals surface area contributed by atoms with Gasteiger partial charge in [-0.1, -0.05) is 18.2 Å². The molecule has 0 unspecified atom stereocenters. The Kier molecular flexibility index (Phi) is 3.80. The van der Waals surface area contributed by atoms with Gasteiger partial charge in [0.1, 0.15) is 5.01 Å². The summed E-state index contributed by atoms with van der Waals surface area (Å²) in [5.41, 5.74) is 0.952. The number of ether oxygens (including phenoxy) is 1. The first-order chi connectivity index (χ1) is 9.72. The van der Waals surface area contributed by atoms with Crippen LogP contribution >= 0.6 is 22.7 Å². The molecule has 0 radical (unpaired) electrons. The van der Waals surface area contributed by atoms with Gasteiger partial charge in [-0.05, 0) is 30.5 Å². The Morgan fingerprint density at radius 3 is 2.90 bits per heavy atom. The van der Waals surface area contributed by atoms with Gasteiger partial charge >= 0.3 is 5.97 Å². The first-order valence-electron chi connectivity index (χ1n) is 6.30. The van der Waals surface area contributed by atoms with Crippen LogP contribution in [-0.2, 0) is 16.0 Å². The number of para-hydroxylation sites is 1. The molecule has 0 aliphatic rings. The maximum Gasteiger partial charge on any atom is 0.311 e. The molecule has 0 aliphatic carbocycles. The number of hydrogen-bond acceptors (Lipinski definition) is 5. The van der Waals surface area contributed by atoms with Crippen LogP contribution in [0.4, 0.5) is 0 Å². The molecule has 20 heavy (non-hydrogen) atoms. The van der Waals surface area contributed by atoms with Crippen LogP contribution in [0, 0.1) is 0 Å². The number of benzene rings is 1. The molecule has 1 atom stereocenters. The molecule has 0 saturated carbocycles. The minimum absolute atomic E-state index is 0.209. The van der Waals surface area contributed by atoms with E-state index in [2.05, 4.69) is 4.98 Å². The first kappa shape index (κ1) is 13.3. The van der Waals surface area contributed by atoms with Gasteiger partial charge in [0.25, 0.3) is 0 Å². The average molecular weight is 303 g/mol. The Hall–Kier alpha value is -1.72. The number of nitrogens with zero attached hydrogens (tertiary/aromatic N) is 1. The Labute approximate surface area is 124 Å². The molecule has 0 N–H and O–H groups in total. The van der Waals surface area contributed by atoms with Crippen LogP contribution in [0.15, 0.2) is 41.8 Å². The van der Waals surface area contributed by atoms with E-state index in [1.54, 1.807) is 22.7 Å². The SMILES string of the molecule is C[C@@H](OC(=O)Cc1cccs1)c1nc2ccccc2s1. The van der Waals surface area contributed by atoms with Crippen molar-refractivity contribution in [3.63, 3.8) is 0 Å². The molecule has 0 spiro atoms. The molecule has 2 aromatic heterocycles. The molecule has 2 heterocycles. The van der Waals surface area contributed by atoms with Crippen molar-refractivity contribution in [2.24, 2.45) is 0 Å². The van der Waals surface area contributed by atoms with Gasteiger partial charge in [0.05, 0.1) is 16.6 Å². The summed E-state index contributed by atoms with van der Waals surface area (Å²) in [6, 6.07) is 11.8. The largest absolute Gasteiger partial charge is 0.455 e. The molecular formula is C15H13NO2S2. The first-order valence-corrected chi connectivity index (χ1v) is 7.99. The molecule has 1 aromatic carbocycles. The van der Waals surface area contributed by atoms with Crippen LogP contribution in [-0.4, -0.2) is 11.0 Å². The lowest BCUT2D eigenvalue weighted by Crippen LogP contribution is -2.10. The molecule has 102 valence electrons. The highest BCUT2D eigenvalue weighted by molar-refractivity contribution is 7.18. The zero-order chi connectivity index (χ0) is 13.9. The van der Waals surface area contributed by atoms with Crippen LogP contribution in [0.1, 0.15) is 22.9 Å². The van der Waals surface area contributed by atoms with Crippen molar-refractivity contribution >= 4 is 38.9 Å². The normalized spacial score (nSPS) is 12.4. The third kappa shape index (κ3) is 2.89. The smallest absolute Gasteiger partial charge is 0.311 e. The fraction of sp³-hybridized carbons (Fsp3) is 0.200. The number of carbonyl (C=O) groups is 1. The minimum atomic E-state index is -0.306. The number of rotatable bonds is 4. The van der Waals surface area contributed by atoms with E-state index in [-0.39, 0.29) is 12.1 Å². The molecular weight excluding hydrogens is 290 g/mol. The molecule has 0 fully saturated rings. The van der Waals surface area contributed by atoms with Gasteiger partial charge in [-0.15, -0.1) is 22.7 Å². The van der Waals surface area contributed by atoms with Crippen LogP contribution in [0.25, 0.3) is 10.2 Å². The fourth-order valence-electron chi connectivity index (χ4n) is 1.91. The van der Waals surface area contributed by atoms with E-state index < -0.39 is 0 Å². The number of aromatic nitrogens is 1. The summed E-state index contributed by atoms with van der Waals surface area (Å²) in [4.78, 5) is 17.4. The number of hydrogen-bond donors (Lipinski definition) is 0. The van der Waals surface area contributed by atoms with Crippen LogP contribution in [0.3, 0.4) is 0 Å². The van der Waals surface area contributed by atoms with Gasteiger partial charge in [-0.25, -0.2) is 4.98 Å². The van der Waals surface area contributed by atoms with Crippen LogP contribution in [0.5, 0.6) is 0 Å². The molecule has 3 rings (SSSR count). The lowest BCUT2D eigenvalue weighted by Gasteiger charge is -2.09. The molecule has 3 aromatic rings. The Balaban J connectivity index is 1.69. The predicted molar refractivity (Wildman–Crippen MR) is 82.2 cm³/mol. The molecule has 5 heteroatoms. The summed E-state index contributed by atoms with van der Waals surface area (Å²) >= 11 is 3.13. The van der Waals surface area contributed by atoms with E-state index in [0.717, 1.165) is 20.1 Å². The lowest BCUT2D eigenvalue weighted by molar-refractivity contribution is -0.147. The van der Waals surface area contributed by atoms with Crippen molar-refractivity contribution in [2.45, 2.75) is 19.4 Å². The summed E-state index contributed by atoms with van der Waals surface area (Å²) in [6.07, 6.45) is 0.0206. The monoisotopic (exact) mass is 303 g/mol. The third-order valence-corrected chi connectivity index (χ3v) is 4.94. The summed E-state index contributed by atoms with van der Waals surface area (Å²) in [6.45, 7) is 1.87. The van der Waals surface area contributed by atoms with E-state index in [0.29, 0.717) is 6.42 Å². The Bertz CT molecular complexity index is 685. The average Bonchev–Trinajstić information content (AvgIpc) is 3.06. The molecule has 0 aliphatic heterocycles. The van der Waals surface area contributed by atoms with Gasteiger partial charge in [0.15, 0.2) is 6.10 Å². The van der Waals surface area contributed by atoms with Crippen molar-refractivity contribution in [3.05, 3.63) is 51.7 Å². The van der Waals surface area contributed by atoms with Gasteiger partial charge in [0.2, 0.25) is 0 Å². The highest BCUT2D eigenvalue weighted by atomic mass is 32.1. The second-order valence-corrected chi connectivity index (χ2v) is 6.50. The molecule has 0 bridgehead atoms. The summed E-state index contributed by atoms with van der Waals surface area (Å²) in [5.74, 6) is -0.209. The van der Waals surface area contributed by atoms with Crippen molar-refractivity contribution in [1.82, 2.24) is 4.98 Å². The van der Waals surface area contributed by atoms with Crippen molar-refractivity contribution < 1.29 is 9.53 Å². The number of thiophene rings is 1. The second-order valence-electron chi connectivity index (χ2n) is 4.41. The van der Waals surface area contributed by atoms with Crippen LogP contribution < -0.4 is 0 Å². The van der Waals surface area contributed by atoms with E-state index >= 15 is 0 Å². The highest BCUT2D eigenvalue weighted by Crippen LogP contribution is 2.28. The van der Waals surface area contributed by atoms with Gasteiger partial charge < -0.3 is 4.74 Å². The number of esters is 1. The highest BCUT2D eigenvalue weighted by Gasteiger charge is 2.16. The lowest BCUT2D eigenvalue weighted by atomic mass is 10.3. The number of thiazole rings is 1. The van der Waals surface area contributed by atoms with E-state index in [9.17, 15) is 4.79 Å². The van der Waals surface area contributed by atoms with Gasteiger partial charge in [-0.2, -0.15) is 0 Å². The number of fused-ring (bicyclic) bond motifs is 1. The van der Waals surface area contributed by atoms with E-state index in [1.165, 1.54) is 0 Å². The van der Waals surface area contributed by atoms with Crippen molar-refractivity contribution in [3.8, 4) is 0 Å². The Morgan fingerprint density at radius 2 is 2.15 bits per heavy atom. The maximum atomic E-state index is 11.9. The van der Waals surface area contributed by atoms with Gasteiger partial charge in [-0.3, -0.25) is 4.79 Å². The topological polar surface area (TPSA) is 39.2 Å². The van der Waals surface area contributed by atoms with Crippen molar-refractivity contribution in [1.29, 1.82) is 0 Å². The van der Waals surface area contributed by atoms with E-state index in [4.69, 9.17) is 4.74 Å². The zero-order valence-corrected chi connectivity index (χ0v) is 12.5. The van der Waals surface area contributed by atoms with Crippen LogP contribution in [0.2, 0.25) is 0 Å². The molecule has 0 amide bonds. The van der Waals surface area contributed by atoms with Gasteiger partial charge in [0, 0.05) is 4.88 Å². The second kappa shape index (κ2) is 5.73.